The SMILES string of the molecule is OCc1ccn2cc(-c3ccc4c(c3)CCC4)nc2c1. The summed E-state index contributed by atoms with van der Waals surface area (Å²) in [6, 6.07) is 10.5. The summed E-state index contributed by atoms with van der Waals surface area (Å²) in [4.78, 5) is 4.67. The Morgan fingerprint density at radius 3 is 2.90 bits per heavy atom. The Morgan fingerprint density at radius 2 is 2.00 bits per heavy atom. The molecule has 3 heteroatoms. The van der Waals surface area contributed by atoms with Crippen LogP contribution in [-0.2, 0) is 19.4 Å². The van der Waals surface area contributed by atoms with Crippen molar-refractivity contribution in [2.45, 2.75) is 25.9 Å². The van der Waals surface area contributed by atoms with Crippen LogP contribution >= 0.6 is 0 Å². The molecule has 0 saturated carbocycles. The second-order valence-electron chi connectivity index (χ2n) is 5.42. The van der Waals surface area contributed by atoms with Gasteiger partial charge in [0.15, 0.2) is 0 Å². The van der Waals surface area contributed by atoms with E-state index < -0.39 is 0 Å². The number of aromatic nitrogens is 2. The minimum Gasteiger partial charge on any atom is -0.392 e. The molecule has 3 aromatic rings. The van der Waals surface area contributed by atoms with Crippen molar-refractivity contribution in [2.75, 3.05) is 0 Å². The monoisotopic (exact) mass is 264 g/mol. The van der Waals surface area contributed by atoms with E-state index in [-0.39, 0.29) is 6.61 Å². The molecule has 0 atom stereocenters. The second kappa shape index (κ2) is 4.46. The number of aryl methyl sites for hydroxylation is 2. The quantitative estimate of drug-likeness (QED) is 0.772. The van der Waals surface area contributed by atoms with Crippen LogP contribution in [0.4, 0.5) is 0 Å². The Kier molecular flexibility index (Phi) is 2.60. The summed E-state index contributed by atoms with van der Waals surface area (Å²) in [5, 5.41) is 9.19. The topological polar surface area (TPSA) is 37.5 Å². The zero-order valence-corrected chi connectivity index (χ0v) is 11.2. The molecule has 0 fully saturated rings. The summed E-state index contributed by atoms with van der Waals surface area (Å²) in [5.74, 6) is 0. The van der Waals surface area contributed by atoms with Crippen molar-refractivity contribution in [1.82, 2.24) is 9.38 Å². The highest BCUT2D eigenvalue weighted by atomic mass is 16.3. The smallest absolute Gasteiger partial charge is 0.137 e. The van der Waals surface area contributed by atoms with E-state index in [0.29, 0.717) is 0 Å². The summed E-state index contributed by atoms with van der Waals surface area (Å²) < 4.78 is 2.00. The van der Waals surface area contributed by atoms with Gasteiger partial charge in [-0.1, -0.05) is 12.1 Å². The molecule has 3 nitrogen and oxygen atoms in total. The van der Waals surface area contributed by atoms with Crippen molar-refractivity contribution in [1.29, 1.82) is 0 Å². The van der Waals surface area contributed by atoms with Gasteiger partial charge in [0.25, 0.3) is 0 Å². The van der Waals surface area contributed by atoms with Gasteiger partial charge in [-0.25, -0.2) is 4.98 Å². The number of aliphatic hydroxyl groups is 1. The first-order valence-corrected chi connectivity index (χ1v) is 7.04. The van der Waals surface area contributed by atoms with Crippen molar-refractivity contribution in [3.05, 3.63) is 59.4 Å². The highest BCUT2D eigenvalue weighted by molar-refractivity contribution is 5.64. The molecule has 1 N–H and O–H groups in total. The Morgan fingerprint density at radius 1 is 1.10 bits per heavy atom. The highest BCUT2D eigenvalue weighted by Gasteiger charge is 2.12. The minimum atomic E-state index is 0.0531. The summed E-state index contributed by atoms with van der Waals surface area (Å²) in [6.07, 6.45) is 7.66. The number of hydrogen-bond donors (Lipinski definition) is 1. The van der Waals surface area contributed by atoms with Gasteiger partial charge in [-0.2, -0.15) is 0 Å². The molecule has 0 radical (unpaired) electrons. The molecule has 0 unspecified atom stereocenters. The maximum absolute atomic E-state index is 9.19. The Labute approximate surface area is 117 Å². The van der Waals surface area contributed by atoms with Gasteiger partial charge in [-0.3, -0.25) is 0 Å². The van der Waals surface area contributed by atoms with E-state index in [0.717, 1.165) is 16.9 Å². The first kappa shape index (κ1) is 11.7. The van der Waals surface area contributed by atoms with Gasteiger partial charge < -0.3 is 9.51 Å². The van der Waals surface area contributed by atoms with E-state index in [1.807, 2.05) is 28.9 Å². The van der Waals surface area contributed by atoms with Crippen LogP contribution in [0, 0.1) is 0 Å². The van der Waals surface area contributed by atoms with Crippen molar-refractivity contribution in [3.8, 4) is 11.3 Å². The number of imidazole rings is 1. The number of fused-ring (bicyclic) bond motifs is 2. The van der Waals surface area contributed by atoms with Crippen LogP contribution in [0.25, 0.3) is 16.9 Å². The number of pyridine rings is 1. The molecule has 100 valence electrons. The summed E-state index contributed by atoms with van der Waals surface area (Å²) in [6.45, 7) is 0.0531. The van der Waals surface area contributed by atoms with Crippen LogP contribution in [0.15, 0.2) is 42.7 Å². The summed E-state index contributed by atoms with van der Waals surface area (Å²) in [5.41, 5.74) is 6.90. The zero-order chi connectivity index (χ0) is 13.5. The molecule has 1 aliphatic carbocycles. The fourth-order valence-corrected chi connectivity index (χ4v) is 2.99. The third-order valence-corrected chi connectivity index (χ3v) is 4.10. The molecular weight excluding hydrogens is 248 g/mol. The zero-order valence-electron chi connectivity index (χ0n) is 11.2. The van der Waals surface area contributed by atoms with Gasteiger partial charge in [-0.15, -0.1) is 0 Å². The van der Waals surface area contributed by atoms with Gasteiger partial charge in [0, 0.05) is 18.0 Å². The Hall–Kier alpha value is -2.13. The van der Waals surface area contributed by atoms with Crippen molar-refractivity contribution < 1.29 is 5.11 Å². The minimum absolute atomic E-state index is 0.0531. The standard InChI is InChI=1S/C17H16N2O/c20-11-12-6-7-19-10-16(18-17(19)8-12)15-5-4-13-2-1-3-14(13)9-15/h4-10,20H,1-3,11H2. The molecule has 0 amide bonds. The summed E-state index contributed by atoms with van der Waals surface area (Å²) >= 11 is 0. The van der Waals surface area contributed by atoms with E-state index in [2.05, 4.69) is 23.2 Å². The molecule has 0 spiro atoms. The van der Waals surface area contributed by atoms with Crippen LogP contribution in [0.3, 0.4) is 0 Å². The third kappa shape index (κ3) is 1.82. The van der Waals surface area contributed by atoms with Crippen LogP contribution in [0.2, 0.25) is 0 Å². The first-order valence-electron chi connectivity index (χ1n) is 7.04. The van der Waals surface area contributed by atoms with E-state index in [1.165, 1.54) is 36.0 Å². The average Bonchev–Trinajstić information content (AvgIpc) is 3.11. The van der Waals surface area contributed by atoms with Crippen molar-refractivity contribution in [3.63, 3.8) is 0 Å². The van der Waals surface area contributed by atoms with Gasteiger partial charge in [0.05, 0.1) is 12.3 Å². The maximum Gasteiger partial charge on any atom is 0.137 e. The molecule has 2 heterocycles. The van der Waals surface area contributed by atoms with Gasteiger partial charge >= 0.3 is 0 Å². The first-order chi connectivity index (χ1) is 9.83. The Balaban J connectivity index is 1.81. The number of rotatable bonds is 2. The van der Waals surface area contributed by atoms with E-state index in [9.17, 15) is 5.11 Å². The molecule has 20 heavy (non-hydrogen) atoms. The number of aliphatic hydroxyl groups excluding tert-OH is 1. The van der Waals surface area contributed by atoms with Crippen LogP contribution in [-0.4, -0.2) is 14.5 Å². The van der Waals surface area contributed by atoms with Crippen LogP contribution < -0.4 is 0 Å². The highest BCUT2D eigenvalue weighted by Crippen LogP contribution is 2.27. The second-order valence-corrected chi connectivity index (χ2v) is 5.42. The predicted octanol–water partition coefficient (Wildman–Crippen LogP) is 2.98. The largest absolute Gasteiger partial charge is 0.392 e. The van der Waals surface area contributed by atoms with Crippen LogP contribution in [0.5, 0.6) is 0 Å². The van der Waals surface area contributed by atoms with E-state index in [1.54, 1.807) is 0 Å². The number of nitrogens with zero attached hydrogens (tertiary/aromatic N) is 2. The Bertz CT molecular complexity index is 789. The fraction of sp³-hybridized carbons (Fsp3) is 0.235. The lowest BCUT2D eigenvalue weighted by atomic mass is 10.1. The molecule has 1 aliphatic rings. The van der Waals surface area contributed by atoms with E-state index in [4.69, 9.17) is 0 Å². The predicted molar refractivity (Wildman–Crippen MR) is 78.6 cm³/mol. The average molecular weight is 264 g/mol. The van der Waals surface area contributed by atoms with E-state index >= 15 is 0 Å². The molecule has 4 rings (SSSR count). The normalized spacial score (nSPS) is 13.8. The van der Waals surface area contributed by atoms with Crippen molar-refractivity contribution >= 4 is 5.65 Å². The van der Waals surface area contributed by atoms with Gasteiger partial charge in [-0.05, 0) is 54.2 Å². The lowest BCUT2D eigenvalue weighted by Gasteiger charge is -2.01. The lowest BCUT2D eigenvalue weighted by Crippen LogP contribution is -1.87. The molecule has 0 aliphatic heterocycles. The maximum atomic E-state index is 9.19. The fourth-order valence-electron chi connectivity index (χ4n) is 2.99. The molecule has 0 saturated heterocycles. The number of hydrogen-bond acceptors (Lipinski definition) is 2. The molecule has 0 bridgehead atoms. The van der Waals surface area contributed by atoms with Gasteiger partial charge in [0.1, 0.15) is 5.65 Å². The number of benzene rings is 1. The van der Waals surface area contributed by atoms with Crippen molar-refractivity contribution in [2.24, 2.45) is 0 Å². The molecule has 1 aromatic carbocycles. The van der Waals surface area contributed by atoms with Crippen LogP contribution in [0.1, 0.15) is 23.1 Å². The molecular formula is C17H16N2O. The lowest BCUT2D eigenvalue weighted by molar-refractivity contribution is 0.282. The third-order valence-electron chi connectivity index (χ3n) is 4.10. The summed E-state index contributed by atoms with van der Waals surface area (Å²) in [7, 11) is 0. The molecule has 2 aromatic heterocycles. The van der Waals surface area contributed by atoms with Gasteiger partial charge in [0.2, 0.25) is 0 Å².